The molecule has 0 saturated carbocycles. The van der Waals surface area contributed by atoms with Gasteiger partial charge in [-0.15, -0.1) is 12.6 Å². The molecule has 0 aromatic heterocycles. The fourth-order valence-corrected chi connectivity index (χ4v) is 3.46. The minimum Gasteiger partial charge on any atom is -0.488 e. The number of hydrogen-bond donors (Lipinski definition) is 1. The quantitative estimate of drug-likeness (QED) is 0.390. The van der Waals surface area contributed by atoms with Crippen molar-refractivity contribution in [1.29, 1.82) is 0 Å². The van der Waals surface area contributed by atoms with Gasteiger partial charge in [0, 0.05) is 32.1 Å². The van der Waals surface area contributed by atoms with Gasteiger partial charge >= 0.3 is 0 Å². The molecule has 0 fully saturated rings. The Hall–Kier alpha value is -2.16. The predicted octanol–water partition coefficient (Wildman–Crippen LogP) is 2.97. The first-order valence-corrected chi connectivity index (χ1v) is 10.6. The van der Waals surface area contributed by atoms with Crippen LogP contribution in [-0.4, -0.2) is 59.4 Å². The molecule has 7 nitrogen and oxygen atoms in total. The monoisotopic (exact) mass is 449 g/mol. The standard InChI is InChI=1S/C23H31NO6S/c1-22(2,12-13-29-23(3,4)15-28-5)30-17-8-6-16(7-9-17)14-18(21(27)31)24-19(25)10-11-20(24)26/h6-11,18H,12-15H2,1-5H3,(H,27,31). The molecule has 0 radical (unpaired) electrons. The van der Waals surface area contributed by atoms with Crippen LogP contribution in [0.25, 0.3) is 0 Å². The molecule has 0 aliphatic carbocycles. The lowest BCUT2D eigenvalue weighted by molar-refractivity contribution is -0.142. The van der Waals surface area contributed by atoms with Crippen LogP contribution in [-0.2, 0) is 30.3 Å². The highest BCUT2D eigenvalue weighted by Crippen LogP contribution is 2.24. The van der Waals surface area contributed by atoms with Crippen LogP contribution in [0.1, 0.15) is 39.7 Å². The molecule has 1 unspecified atom stereocenters. The Balaban J connectivity index is 1.95. The van der Waals surface area contributed by atoms with Crippen molar-refractivity contribution in [3.63, 3.8) is 0 Å². The molecule has 2 rings (SSSR count). The summed E-state index contributed by atoms with van der Waals surface area (Å²) >= 11 is 3.86. The number of thiol groups is 1. The number of ether oxygens (including phenoxy) is 3. The van der Waals surface area contributed by atoms with Crippen LogP contribution in [0.5, 0.6) is 5.75 Å². The van der Waals surface area contributed by atoms with Crippen LogP contribution in [0, 0.1) is 0 Å². The van der Waals surface area contributed by atoms with Crippen LogP contribution in [0.15, 0.2) is 36.4 Å². The highest BCUT2D eigenvalue weighted by atomic mass is 32.1. The summed E-state index contributed by atoms with van der Waals surface area (Å²) in [6, 6.07) is 6.28. The molecule has 1 aromatic carbocycles. The van der Waals surface area contributed by atoms with Gasteiger partial charge in [0.1, 0.15) is 17.4 Å². The van der Waals surface area contributed by atoms with Crippen molar-refractivity contribution in [1.82, 2.24) is 4.90 Å². The van der Waals surface area contributed by atoms with Crippen LogP contribution in [0.2, 0.25) is 0 Å². The molecule has 0 spiro atoms. The second kappa shape index (κ2) is 10.4. The number of nitrogens with zero attached hydrogens (tertiary/aromatic N) is 1. The van der Waals surface area contributed by atoms with Gasteiger partial charge in [-0.25, -0.2) is 0 Å². The predicted molar refractivity (Wildman–Crippen MR) is 120 cm³/mol. The number of hydrogen-bond acceptors (Lipinski definition) is 6. The average molecular weight is 450 g/mol. The maximum Gasteiger partial charge on any atom is 0.254 e. The Kier molecular flexibility index (Phi) is 8.45. The number of benzene rings is 1. The average Bonchev–Trinajstić information content (AvgIpc) is 2.98. The lowest BCUT2D eigenvalue weighted by atomic mass is 10.0. The molecule has 1 heterocycles. The zero-order valence-electron chi connectivity index (χ0n) is 18.7. The Morgan fingerprint density at radius 2 is 1.61 bits per heavy atom. The lowest BCUT2D eigenvalue weighted by Crippen LogP contribution is -2.44. The minimum atomic E-state index is -0.950. The summed E-state index contributed by atoms with van der Waals surface area (Å²) in [5.41, 5.74) is -0.0234. The summed E-state index contributed by atoms with van der Waals surface area (Å²) in [6.45, 7) is 8.97. The number of methoxy groups -OCH3 is 1. The third kappa shape index (κ3) is 7.48. The summed E-state index contributed by atoms with van der Waals surface area (Å²) < 4.78 is 17.1. The molecule has 8 heteroatoms. The number of imide groups is 1. The summed E-state index contributed by atoms with van der Waals surface area (Å²) in [6.07, 6.45) is 3.19. The third-order valence-electron chi connectivity index (χ3n) is 4.88. The van der Waals surface area contributed by atoms with E-state index in [4.69, 9.17) is 14.2 Å². The first-order valence-electron chi connectivity index (χ1n) is 10.1. The topological polar surface area (TPSA) is 82.1 Å². The zero-order valence-corrected chi connectivity index (χ0v) is 19.6. The van der Waals surface area contributed by atoms with Crippen molar-refractivity contribution in [3.05, 3.63) is 42.0 Å². The van der Waals surface area contributed by atoms with E-state index in [2.05, 4.69) is 12.6 Å². The molecule has 1 atom stereocenters. The molecular weight excluding hydrogens is 418 g/mol. The Morgan fingerprint density at radius 1 is 1.03 bits per heavy atom. The zero-order chi connectivity index (χ0) is 23.2. The maximum absolute atomic E-state index is 11.9. The van der Waals surface area contributed by atoms with Gasteiger partial charge in [-0.2, -0.15) is 0 Å². The minimum absolute atomic E-state index is 0.188. The van der Waals surface area contributed by atoms with Gasteiger partial charge in [-0.05, 0) is 45.4 Å². The fourth-order valence-electron chi connectivity index (χ4n) is 3.26. The molecule has 0 bridgehead atoms. The molecule has 0 saturated heterocycles. The largest absolute Gasteiger partial charge is 0.488 e. The number of amides is 2. The normalized spacial score (nSPS) is 15.5. The van der Waals surface area contributed by atoms with Crippen molar-refractivity contribution < 1.29 is 28.6 Å². The molecule has 1 aromatic rings. The third-order valence-corrected chi connectivity index (χ3v) is 5.17. The van der Waals surface area contributed by atoms with E-state index in [1.165, 1.54) is 0 Å². The first kappa shape index (κ1) is 25.1. The van der Waals surface area contributed by atoms with E-state index in [9.17, 15) is 14.4 Å². The highest BCUT2D eigenvalue weighted by Gasteiger charge is 2.34. The first-order chi connectivity index (χ1) is 14.4. The van der Waals surface area contributed by atoms with Gasteiger partial charge in [0.15, 0.2) is 0 Å². The number of carbonyl (C=O) groups is 3. The number of rotatable bonds is 12. The Morgan fingerprint density at radius 3 is 2.13 bits per heavy atom. The van der Waals surface area contributed by atoms with Crippen LogP contribution in [0.4, 0.5) is 0 Å². The SMILES string of the molecule is COCC(C)(C)OCCC(C)(C)Oc1ccc(CC(C(=O)S)N2C(=O)C=CC2=O)cc1. The van der Waals surface area contributed by atoms with E-state index in [0.29, 0.717) is 25.4 Å². The summed E-state index contributed by atoms with van der Waals surface area (Å²) in [5.74, 6) is -0.335. The molecule has 1 aliphatic heterocycles. The summed E-state index contributed by atoms with van der Waals surface area (Å²) in [7, 11) is 1.65. The van der Waals surface area contributed by atoms with Gasteiger partial charge in [-0.1, -0.05) is 12.1 Å². The van der Waals surface area contributed by atoms with Gasteiger partial charge in [-0.3, -0.25) is 19.3 Å². The maximum atomic E-state index is 11.9. The van der Waals surface area contributed by atoms with Crippen LogP contribution < -0.4 is 4.74 Å². The van der Waals surface area contributed by atoms with E-state index in [1.807, 2.05) is 39.8 Å². The van der Waals surface area contributed by atoms with Gasteiger partial charge < -0.3 is 14.2 Å². The summed E-state index contributed by atoms with van der Waals surface area (Å²) in [5, 5.41) is -0.539. The van der Waals surface area contributed by atoms with Gasteiger partial charge in [0.25, 0.3) is 11.8 Å². The Bertz CT molecular complexity index is 813. The molecule has 170 valence electrons. The van der Waals surface area contributed by atoms with Crippen LogP contribution >= 0.6 is 12.6 Å². The number of carbonyl (C=O) groups excluding carboxylic acids is 3. The van der Waals surface area contributed by atoms with E-state index in [1.54, 1.807) is 19.2 Å². The van der Waals surface area contributed by atoms with E-state index in [0.717, 1.165) is 22.6 Å². The summed E-state index contributed by atoms with van der Waals surface area (Å²) in [4.78, 5) is 36.7. The second-order valence-corrected chi connectivity index (χ2v) is 9.18. The van der Waals surface area contributed by atoms with Crippen molar-refractivity contribution in [2.75, 3.05) is 20.3 Å². The smallest absolute Gasteiger partial charge is 0.254 e. The second-order valence-electron chi connectivity index (χ2n) is 8.73. The van der Waals surface area contributed by atoms with Crippen molar-refractivity contribution in [2.24, 2.45) is 0 Å². The molecule has 0 N–H and O–H groups in total. The van der Waals surface area contributed by atoms with E-state index in [-0.39, 0.29) is 12.0 Å². The van der Waals surface area contributed by atoms with Crippen molar-refractivity contribution in [3.8, 4) is 5.75 Å². The van der Waals surface area contributed by atoms with E-state index >= 15 is 0 Å². The molecule has 1 aliphatic rings. The highest BCUT2D eigenvalue weighted by molar-refractivity contribution is 7.96. The molecule has 2 amide bonds. The lowest BCUT2D eigenvalue weighted by Gasteiger charge is -2.30. The van der Waals surface area contributed by atoms with Crippen molar-refractivity contribution in [2.45, 2.75) is 57.8 Å². The van der Waals surface area contributed by atoms with E-state index < -0.39 is 28.6 Å². The Labute approximate surface area is 189 Å². The molecule has 31 heavy (non-hydrogen) atoms. The van der Waals surface area contributed by atoms with Crippen LogP contribution in [0.3, 0.4) is 0 Å². The fraction of sp³-hybridized carbons (Fsp3) is 0.522. The van der Waals surface area contributed by atoms with Gasteiger partial charge in [0.05, 0.1) is 18.8 Å². The van der Waals surface area contributed by atoms with Gasteiger partial charge in [0.2, 0.25) is 5.12 Å². The van der Waals surface area contributed by atoms with Crippen molar-refractivity contribution >= 4 is 29.6 Å². The molecular formula is C23H31NO6S.